The van der Waals surface area contributed by atoms with E-state index in [1.807, 2.05) is 12.4 Å². The molecule has 1 N–H and O–H groups in total. The zero-order valence-corrected chi connectivity index (χ0v) is 13.6. The summed E-state index contributed by atoms with van der Waals surface area (Å²) in [7, 11) is 0. The van der Waals surface area contributed by atoms with E-state index < -0.39 is 0 Å². The zero-order valence-electron chi connectivity index (χ0n) is 11.4. The number of aryl methyl sites for hydroxylation is 1. The van der Waals surface area contributed by atoms with Crippen molar-refractivity contribution in [3.63, 3.8) is 0 Å². The Hall–Kier alpha value is -0.880. The molecular formula is C15H20IN3. The summed E-state index contributed by atoms with van der Waals surface area (Å²) in [5, 5.41) is 3.60. The normalized spacial score (nSPS) is 12.6. The molecule has 1 aromatic heterocycles. The first-order chi connectivity index (χ1) is 9.26. The second-order valence-electron chi connectivity index (χ2n) is 4.51. The molecular weight excluding hydrogens is 349 g/mol. The van der Waals surface area contributed by atoms with E-state index in [-0.39, 0.29) is 6.04 Å². The van der Waals surface area contributed by atoms with Crippen molar-refractivity contribution < 1.29 is 0 Å². The minimum Gasteiger partial charge on any atom is -0.334 e. The Labute approximate surface area is 128 Å². The predicted molar refractivity (Wildman–Crippen MR) is 87.2 cm³/mol. The van der Waals surface area contributed by atoms with Crippen LogP contribution < -0.4 is 5.32 Å². The second-order valence-corrected chi connectivity index (χ2v) is 5.76. The summed E-state index contributed by atoms with van der Waals surface area (Å²) in [6, 6.07) is 8.84. The fraction of sp³-hybridized carbons (Fsp3) is 0.400. The number of imidazole rings is 1. The molecule has 0 fully saturated rings. The van der Waals surface area contributed by atoms with Crippen LogP contribution in [0.2, 0.25) is 0 Å². The predicted octanol–water partition coefficient (Wildman–Crippen LogP) is 3.60. The maximum absolute atomic E-state index is 4.54. The van der Waals surface area contributed by atoms with E-state index in [0.29, 0.717) is 0 Å². The van der Waals surface area contributed by atoms with Gasteiger partial charge in [0, 0.05) is 22.5 Å². The van der Waals surface area contributed by atoms with E-state index in [2.05, 4.69) is 75.6 Å². The average Bonchev–Trinajstić information content (AvgIpc) is 2.89. The molecule has 2 rings (SSSR count). The SMILES string of the molecule is CCCNC(c1ccc(I)cc1)c1nccn1CC. The van der Waals surface area contributed by atoms with Gasteiger partial charge in [0.2, 0.25) is 0 Å². The molecule has 4 heteroatoms. The molecule has 1 unspecified atom stereocenters. The van der Waals surface area contributed by atoms with Gasteiger partial charge in [0.05, 0.1) is 6.04 Å². The number of hydrogen-bond acceptors (Lipinski definition) is 2. The van der Waals surface area contributed by atoms with Gasteiger partial charge in [0.1, 0.15) is 5.82 Å². The van der Waals surface area contributed by atoms with Crippen LogP contribution in [0.4, 0.5) is 0 Å². The summed E-state index contributed by atoms with van der Waals surface area (Å²) in [6.07, 6.45) is 5.04. The van der Waals surface area contributed by atoms with Crippen LogP contribution in [0.15, 0.2) is 36.7 Å². The molecule has 1 aromatic carbocycles. The largest absolute Gasteiger partial charge is 0.334 e. The molecule has 0 radical (unpaired) electrons. The van der Waals surface area contributed by atoms with Gasteiger partial charge in [0.15, 0.2) is 0 Å². The molecule has 102 valence electrons. The van der Waals surface area contributed by atoms with Crippen molar-refractivity contribution >= 4 is 22.6 Å². The van der Waals surface area contributed by atoms with Crippen LogP contribution in [0.25, 0.3) is 0 Å². The van der Waals surface area contributed by atoms with Crippen LogP contribution in [0.5, 0.6) is 0 Å². The van der Waals surface area contributed by atoms with Crippen molar-refractivity contribution in [2.45, 2.75) is 32.9 Å². The number of halogens is 1. The highest BCUT2D eigenvalue weighted by atomic mass is 127. The molecule has 1 atom stereocenters. The van der Waals surface area contributed by atoms with E-state index in [1.165, 1.54) is 9.13 Å². The molecule has 0 saturated heterocycles. The highest BCUT2D eigenvalue weighted by Crippen LogP contribution is 2.21. The lowest BCUT2D eigenvalue weighted by Gasteiger charge is -2.19. The Morgan fingerprint density at radius 3 is 2.63 bits per heavy atom. The van der Waals surface area contributed by atoms with Crippen LogP contribution >= 0.6 is 22.6 Å². The van der Waals surface area contributed by atoms with Crippen molar-refractivity contribution in [2.75, 3.05) is 6.54 Å². The standard InChI is InChI=1S/C15H20IN3/c1-3-9-17-14(12-5-7-13(16)8-6-12)15-18-10-11-19(15)4-2/h5-8,10-11,14,17H,3-4,9H2,1-2H3. The minimum atomic E-state index is 0.173. The van der Waals surface area contributed by atoms with Gasteiger partial charge in [0.25, 0.3) is 0 Å². The monoisotopic (exact) mass is 369 g/mol. The van der Waals surface area contributed by atoms with Crippen LogP contribution in [0.1, 0.15) is 37.7 Å². The Balaban J connectivity index is 2.32. The molecule has 0 aliphatic rings. The lowest BCUT2D eigenvalue weighted by Crippen LogP contribution is -2.26. The molecule has 19 heavy (non-hydrogen) atoms. The second kappa shape index (κ2) is 7.05. The summed E-state index contributed by atoms with van der Waals surface area (Å²) >= 11 is 2.33. The van der Waals surface area contributed by atoms with Crippen LogP contribution in [-0.4, -0.2) is 16.1 Å². The summed E-state index contributed by atoms with van der Waals surface area (Å²) in [6.45, 7) is 6.28. The maximum Gasteiger partial charge on any atom is 0.130 e. The number of nitrogens with zero attached hydrogens (tertiary/aromatic N) is 2. The van der Waals surface area contributed by atoms with Gasteiger partial charge >= 0.3 is 0 Å². The van der Waals surface area contributed by atoms with E-state index >= 15 is 0 Å². The number of benzene rings is 1. The van der Waals surface area contributed by atoms with E-state index in [1.54, 1.807) is 0 Å². The zero-order chi connectivity index (χ0) is 13.7. The van der Waals surface area contributed by atoms with Gasteiger partial charge in [-0.05, 0) is 60.2 Å². The topological polar surface area (TPSA) is 29.9 Å². The fourth-order valence-corrected chi connectivity index (χ4v) is 2.51. The summed E-state index contributed by atoms with van der Waals surface area (Å²) in [5.41, 5.74) is 1.27. The van der Waals surface area contributed by atoms with E-state index in [9.17, 15) is 0 Å². The van der Waals surface area contributed by atoms with Gasteiger partial charge < -0.3 is 9.88 Å². The van der Waals surface area contributed by atoms with Gasteiger partial charge in [-0.25, -0.2) is 4.98 Å². The van der Waals surface area contributed by atoms with Crippen molar-refractivity contribution in [1.29, 1.82) is 0 Å². The first-order valence-electron chi connectivity index (χ1n) is 6.76. The Morgan fingerprint density at radius 2 is 2.00 bits per heavy atom. The van der Waals surface area contributed by atoms with Crippen molar-refractivity contribution in [2.24, 2.45) is 0 Å². The van der Waals surface area contributed by atoms with Gasteiger partial charge in [-0.3, -0.25) is 0 Å². The first kappa shape index (κ1) is 14.5. The minimum absolute atomic E-state index is 0.173. The molecule has 0 spiro atoms. The van der Waals surface area contributed by atoms with Crippen molar-refractivity contribution in [3.05, 3.63) is 51.6 Å². The number of aromatic nitrogens is 2. The number of rotatable bonds is 6. The number of nitrogens with one attached hydrogen (secondary N) is 1. The molecule has 1 heterocycles. The Kier molecular flexibility index (Phi) is 5.39. The Morgan fingerprint density at radius 1 is 1.26 bits per heavy atom. The molecule has 0 saturated carbocycles. The fourth-order valence-electron chi connectivity index (χ4n) is 2.15. The molecule has 0 aliphatic carbocycles. The lowest BCUT2D eigenvalue weighted by atomic mass is 10.1. The van der Waals surface area contributed by atoms with Crippen molar-refractivity contribution in [3.8, 4) is 0 Å². The van der Waals surface area contributed by atoms with E-state index in [4.69, 9.17) is 0 Å². The highest BCUT2D eigenvalue weighted by Gasteiger charge is 2.17. The highest BCUT2D eigenvalue weighted by molar-refractivity contribution is 14.1. The summed E-state index contributed by atoms with van der Waals surface area (Å²) in [5.74, 6) is 1.09. The third kappa shape index (κ3) is 3.57. The van der Waals surface area contributed by atoms with E-state index in [0.717, 1.165) is 25.3 Å². The quantitative estimate of drug-likeness (QED) is 0.789. The third-order valence-electron chi connectivity index (χ3n) is 3.15. The summed E-state index contributed by atoms with van der Waals surface area (Å²) in [4.78, 5) is 4.54. The van der Waals surface area contributed by atoms with Gasteiger partial charge in [-0.2, -0.15) is 0 Å². The van der Waals surface area contributed by atoms with Crippen molar-refractivity contribution in [1.82, 2.24) is 14.9 Å². The molecule has 0 bridgehead atoms. The molecule has 0 aliphatic heterocycles. The Bertz CT molecular complexity index is 504. The molecule has 0 amide bonds. The summed E-state index contributed by atoms with van der Waals surface area (Å²) < 4.78 is 3.46. The molecule has 2 aromatic rings. The van der Waals surface area contributed by atoms with Gasteiger partial charge in [-0.15, -0.1) is 0 Å². The molecule has 3 nitrogen and oxygen atoms in total. The maximum atomic E-state index is 4.54. The average molecular weight is 369 g/mol. The smallest absolute Gasteiger partial charge is 0.130 e. The third-order valence-corrected chi connectivity index (χ3v) is 3.87. The van der Waals surface area contributed by atoms with Crippen LogP contribution in [-0.2, 0) is 6.54 Å². The lowest BCUT2D eigenvalue weighted by molar-refractivity contribution is 0.541. The number of hydrogen-bond donors (Lipinski definition) is 1. The first-order valence-corrected chi connectivity index (χ1v) is 7.84. The van der Waals surface area contributed by atoms with Gasteiger partial charge in [-0.1, -0.05) is 19.1 Å². The van der Waals surface area contributed by atoms with Crippen LogP contribution in [0.3, 0.4) is 0 Å². The van der Waals surface area contributed by atoms with Crippen LogP contribution in [0, 0.1) is 3.57 Å².